The van der Waals surface area contributed by atoms with Gasteiger partial charge in [0.1, 0.15) is 12.4 Å². The van der Waals surface area contributed by atoms with Gasteiger partial charge in [0.15, 0.2) is 0 Å². The zero-order valence-electron chi connectivity index (χ0n) is 21.4. The van der Waals surface area contributed by atoms with Crippen molar-refractivity contribution in [2.45, 2.75) is 52.9 Å². The van der Waals surface area contributed by atoms with E-state index in [2.05, 4.69) is 26.1 Å². The van der Waals surface area contributed by atoms with E-state index in [4.69, 9.17) is 5.10 Å². The molecule has 0 aliphatic carbocycles. The van der Waals surface area contributed by atoms with Gasteiger partial charge >= 0.3 is 0 Å². The molecule has 0 aliphatic rings. The van der Waals surface area contributed by atoms with E-state index in [1.165, 1.54) is 29.2 Å². The fourth-order valence-corrected chi connectivity index (χ4v) is 3.58. The van der Waals surface area contributed by atoms with Crippen molar-refractivity contribution >= 4 is 23.3 Å². The van der Waals surface area contributed by atoms with Gasteiger partial charge in [-0.1, -0.05) is 51.8 Å². The van der Waals surface area contributed by atoms with Gasteiger partial charge in [-0.15, -0.1) is 0 Å². The Hall–Kier alpha value is -4.01. The van der Waals surface area contributed by atoms with Gasteiger partial charge in [0.25, 0.3) is 11.6 Å². The number of hydrogen-bond acceptors (Lipinski definition) is 5. The lowest BCUT2D eigenvalue weighted by atomic mass is 9.92. The average molecular weight is 492 g/mol. The predicted molar refractivity (Wildman–Crippen MR) is 140 cm³/mol. The summed E-state index contributed by atoms with van der Waals surface area (Å²) in [6, 6.07) is 15.1. The third kappa shape index (κ3) is 6.56. The van der Waals surface area contributed by atoms with Gasteiger partial charge in [0.05, 0.1) is 16.3 Å². The zero-order valence-corrected chi connectivity index (χ0v) is 21.4. The number of nitro benzene ring substituents is 1. The third-order valence-electron chi connectivity index (χ3n) is 5.75. The van der Waals surface area contributed by atoms with Crippen LogP contribution in [0.1, 0.15) is 62.2 Å². The van der Waals surface area contributed by atoms with Gasteiger partial charge in [-0.3, -0.25) is 19.7 Å². The highest BCUT2D eigenvalue weighted by atomic mass is 16.6. The summed E-state index contributed by atoms with van der Waals surface area (Å²) in [6.07, 6.45) is 1.57. The fourth-order valence-electron chi connectivity index (χ4n) is 3.58. The monoisotopic (exact) mass is 491 g/mol. The zero-order chi connectivity index (χ0) is 26.5. The number of amides is 2. The summed E-state index contributed by atoms with van der Waals surface area (Å²) in [5.41, 5.74) is 2.73. The molecule has 0 saturated heterocycles. The molecule has 3 rings (SSSR count). The summed E-state index contributed by atoms with van der Waals surface area (Å²) in [5.74, 6) is -0.182. The standard InChI is InChI=1S/C27H33N5O4/c1-6-7-16-30(26(34)20-10-14-22(15-11-20)32(35)36)18-25(33)28-24-17-23(27(3,4)5)29-31(24)21-12-8-19(2)9-13-21/h8-15,17H,6-7,16,18H2,1-5H3,(H,28,33). The number of rotatable bonds is 9. The largest absolute Gasteiger partial charge is 0.329 e. The summed E-state index contributed by atoms with van der Waals surface area (Å²) in [5, 5.41) is 18.6. The maximum atomic E-state index is 13.1. The van der Waals surface area contributed by atoms with Crippen molar-refractivity contribution in [1.82, 2.24) is 14.7 Å². The fraction of sp³-hybridized carbons (Fsp3) is 0.370. The van der Waals surface area contributed by atoms with E-state index >= 15 is 0 Å². The van der Waals surface area contributed by atoms with E-state index in [0.29, 0.717) is 17.9 Å². The molecule has 190 valence electrons. The highest BCUT2D eigenvalue weighted by Gasteiger charge is 2.24. The number of unbranched alkanes of at least 4 members (excludes halogenated alkanes) is 1. The molecule has 2 aromatic carbocycles. The number of non-ortho nitro benzene ring substituents is 1. The summed E-state index contributed by atoms with van der Waals surface area (Å²) >= 11 is 0. The molecule has 3 aromatic rings. The van der Waals surface area contributed by atoms with Crippen LogP contribution in [0.2, 0.25) is 0 Å². The maximum absolute atomic E-state index is 13.1. The van der Waals surface area contributed by atoms with Crippen LogP contribution in [-0.2, 0) is 10.2 Å². The number of aromatic nitrogens is 2. The van der Waals surface area contributed by atoms with Crippen molar-refractivity contribution in [3.63, 3.8) is 0 Å². The molecule has 1 aromatic heterocycles. The van der Waals surface area contributed by atoms with Crippen LogP contribution >= 0.6 is 0 Å². The van der Waals surface area contributed by atoms with Crippen molar-refractivity contribution in [2.75, 3.05) is 18.4 Å². The van der Waals surface area contributed by atoms with Gasteiger partial charge in [0.2, 0.25) is 5.91 Å². The number of nitrogens with one attached hydrogen (secondary N) is 1. The summed E-state index contributed by atoms with van der Waals surface area (Å²) < 4.78 is 1.70. The summed E-state index contributed by atoms with van der Waals surface area (Å²) in [6.45, 7) is 10.4. The molecule has 1 heterocycles. The second-order valence-corrected chi connectivity index (χ2v) is 9.84. The first kappa shape index (κ1) is 26.6. The van der Waals surface area contributed by atoms with Gasteiger partial charge < -0.3 is 10.2 Å². The molecule has 0 atom stereocenters. The smallest absolute Gasteiger partial charge is 0.269 e. The third-order valence-corrected chi connectivity index (χ3v) is 5.75. The van der Waals surface area contributed by atoms with E-state index in [0.717, 1.165) is 29.8 Å². The van der Waals surface area contributed by atoms with Crippen molar-refractivity contribution in [2.24, 2.45) is 0 Å². The Morgan fingerprint density at radius 3 is 2.28 bits per heavy atom. The number of nitrogens with zero attached hydrogens (tertiary/aromatic N) is 4. The molecule has 0 unspecified atom stereocenters. The van der Waals surface area contributed by atoms with Crippen molar-refractivity contribution in [3.05, 3.63) is 81.5 Å². The molecule has 0 bridgehead atoms. The van der Waals surface area contributed by atoms with E-state index in [1.54, 1.807) is 4.68 Å². The second kappa shape index (κ2) is 11.2. The van der Waals surface area contributed by atoms with Gasteiger partial charge in [-0.2, -0.15) is 5.10 Å². The van der Waals surface area contributed by atoms with E-state index in [1.807, 2.05) is 44.2 Å². The quantitative estimate of drug-likeness (QED) is 0.324. The van der Waals surface area contributed by atoms with Crippen LogP contribution in [0.25, 0.3) is 5.69 Å². The first-order valence-corrected chi connectivity index (χ1v) is 12.0. The minimum Gasteiger partial charge on any atom is -0.329 e. The average Bonchev–Trinajstić information content (AvgIpc) is 3.26. The molecule has 0 spiro atoms. The molecule has 0 aliphatic heterocycles. The Kier molecular flexibility index (Phi) is 8.24. The van der Waals surface area contributed by atoms with E-state index in [-0.39, 0.29) is 29.5 Å². The first-order chi connectivity index (χ1) is 17.0. The number of hydrogen-bond donors (Lipinski definition) is 1. The van der Waals surface area contributed by atoms with Crippen LogP contribution in [0.5, 0.6) is 0 Å². The van der Waals surface area contributed by atoms with Crippen LogP contribution in [0.3, 0.4) is 0 Å². The highest BCUT2D eigenvalue weighted by molar-refractivity contribution is 5.99. The number of benzene rings is 2. The Bertz CT molecular complexity index is 1220. The van der Waals surface area contributed by atoms with Gasteiger partial charge in [-0.05, 0) is 37.6 Å². The molecule has 9 heteroatoms. The highest BCUT2D eigenvalue weighted by Crippen LogP contribution is 2.26. The SMILES string of the molecule is CCCCN(CC(=O)Nc1cc(C(C)(C)C)nn1-c1ccc(C)cc1)C(=O)c1ccc([N+](=O)[O-])cc1. The molecular weight excluding hydrogens is 458 g/mol. The van der Waals surface area contributed by atoms with E-state index < -0.39 is 4.92 Å². The first-order valence-electron chi connectivity index (χ1n) is 12.0. The molecular formula is C27H33N5O4. The Morgan fingerprint density at radius 1 is 1.08 bits per heavy atom. The molecule has 2 amide bonds. The van der Waals surface area contributed by atoms with Gasteiger partial charge in [-0.25, -0.2) is 4.68 Å². The molecule has 0 saturated carbocycles. The topological polar surface area (TPSA) is 110 Å². The van der Waals surface area contributed by atoms with Crippen molar-refractivity contribution in [1.29, 1.82) is 0 Å². The lowest BCUT2D eigenvalue weighted by molar-refractivity contribution is -0.384. The molecule has 9 nitrogen and oxygen atoms in total. The Morgan fingerprint density at radius 2 is 1.72 bits per heavy atom. The van der Waals surface area contributed by atoms with Crippen molar-refractivity contribution < 1.29 is 14.5 Å². The molecule has 0 fully saturated rings. The van der Waals surface area contributed by atoms with Crippen molar-refractivity contribution in [3.8, 4) is 5.69 Å². The van der Waals surface area contributed by atoms with Crippen LogP contribution < -0.4 is 5.32 Å². The normalized spacial score (nSPS) is 11.2. The minimum atomic E-state index is -0.514. The van der Waals surface area contributed by atoms with Crippen LogP contribution in [0.4, 0.5) is 11.5 Å². The van der Waals surface area contributed by atoms with Crippen LogP contribution in [0.15, 0.2) is 54.6 Å². The van der Waals surface area contributed by atoms with E-state index in [9.17, 15) is 19.7 Å². The summed E-state index contributed by atoms with van der Waals surface area (Å²) in [7, 11) is 0. The maximum Gasteiger partial charge on any atom is 0.269 e. The molecule has 36 heavy (non-hydrogen) atoms. The second-order valence-electron chi connectivity index (χ2n) is 9.84. The lowest BCUT2D eigenvalue weighted by Gasteiger charge is -2.22. The van der Waals surface area contributed by atoms with Crippen LogP contribution in [-0.4, -0.2) is 44.5 Å². The number of aryl methyl sites for hydroxylation is 1. The number of anilines is 1. The number of carbonyl (C=O) groups is 2. The van der Waals surface area contributed by atoms with Crippen LogP contribution in [0, 0.1) is 17.0 Å². The molecule has 0 radical (unpaired) electrons. The number of nitro groups is 1. The number of carbonyl (C=O) groups excluding carboxylic acids is 2. The van der Waals surface area contributed by atoms with Gasteiger partial charge in [0, 0.05) is 35.7 Å². The summed E-state index contributed by atoms with van der Waals surface area (Å²) in [4.78, 5) is 38.2. The Labute approximate surface area is 211 Å². The Balaban J connectivity index is 1.84. The predicted octanol–water partition coefficient (Wildman–Crippen LogP) is 5.27. The molecule has 1 N–H and O–H groups in total. The minimum absolute atomic E-state index is 0.0941. The lowest BCUT2D eigenvalue weighted by Crippen LogP contribution is -2.39.